The molecule has 2 rings (SSSR count). The van der Waals surface area contributed by atoms with Crippen LogP contribution in [0.25, 0.3) is 0 Å². The molecule has 1 aromatic carbocycles. The average molecular weight is 477 g/mol. The predicted molar refractivity (Wildman–Crippen MR) is 134 cm³/mol. The molecular formula is C26H44N4O4. The van der Waals surface area contributed by atoms with Crippen molar-refractivity contribution < 1.29 is 19.4 Å². The number of hydrogen-bond acceptors (Lipinski definition) is 6. The minimum Gasteiger partial charge on any atom is -0.445 e. The maximum absolute atomic E-state index is 12.4. The topological polar surface area (TPSA) is 117 Å². The third-order valence-corrected chi connectivity index (χ3v) is 6.35. The van der Waals surface area contributed by atoms with Gasteiger partial charge in [0.25, 0.3) is 0 Å². The standard InChI is InChI=1S/C26H44N4O4/c1-19(2)16-22(27)25(32)29-23-10-7-14-30(17-24(23)31)15-12-20(3)11-13-28-26(33)34-18-21-8-5-4-6-9-21/h4-6,8-9,19-20,22-24,31H,7,10-18,27H2,1-3H3,(H,28,33)(H,29,32)/t20-,22-,23?,24?/m0/s1. The minimum absolute atomic E-state index is 0.172. The largest absolute Gasteiger partial charge is 0.445 e. The molecule has 4 atom stereocenters. The zero-order valence-electron chi connectivity index (χ0n) is 21.0. The van der Waals surface area contributed by atoms with Gasteiger partial charge in [-0.25, -0.2) is 4.79 Å². The van der Waals surface area contributed by atoms with Gasteiger partial charge < -0.3 is 31.1 Å². The van der Waals surface area contributed by atoms with Gasteiger partial charge >= 0.3 is 6.09 Å². The Bertz CT molecular complexity index is 731. The van der Waals surface area contributed by atoms with Gasteiger partial charge in [-0.3, -0.25) is 4.79 Å². The summed E-state index contributed by atoms with van der Waals surface area (Å²) in [5, 5.41) is 16.5. The van der Waals surface area contributed by atoms with Crippen LogP contribution < -0.4 is 16.4 Å². The maximum Gasteiger partial charge on any atom is 0.407 e. The smallest absolute Gasteiger partial charge is 0.407 e. The third kappa shape index (κ3) is 10.8. The molecule has 192 valence electrons. The molecule has 0 aromatic heterocycles. The zero-order chi connectivity index (χ0) is 24.9. The van der Waals surface area contributed by atoms with Crippen LogP contribution >= 0.6 is 0 Å². The number of nitrogens with one attached hydrogen (secondary N) is 2. The number of carbonyl (C=O) groups is 2. The van der Waals surface area contributed by atoms with E-state index in [0.29, 0.717) is 31.3 Å². The van der Waals surface area contributed by atoms with Gasteiger partial charge in [-0.15, -0.1) is 0 Å². The van der Waals surface area contributed by atoms with Gasteiger partial charge in [0, 0.05) is 13.1 Å². The Balaban J connectivity index is 1.62. The summed E-state index contributed by atoms with van der Waals surface area (Å²) in [6.07, 6.45) is 3.15. The van der Waals surface area contributed by atoms with E-state index in [9.17, 15) is 14.7 Å². The van der Waals surface area contributed by atoms with Crippen molar-refractivity contribution in [3.63, 3.8) is 0 Å². The van der Waals surface area contributed by atoms with Crippen LogP contribution in [0.15, 0.2) is 30.3 Å². The summed E-state index contributed by atoms with van der Waals surface area (Å²) >= 11 is 0. The first-order chi connectivity index (χ1) is 16.2. The Morgan fingerprint density at radius 2 is 1.94 bits per heavy atom. The van der Waals surface area contributed by atoms with Crippen molar-refractivity contribution in [2.45, 2.75) is 77.7 Å². The molecule has 1 fully saturated rings. The quantitative estimate of drug-likeness (QED) is 0.368. The number of ether oxygens (including phenoxy) is 1. The molecule has 1 aliphatic rings. The number of nitrogens with zero attached hydrogens (tertiary/aromatic N) is 1. The molecule has 2 amide bonds. The van der Waals surface area contributed by atoms with E-state index in [4.69, 9.17) is 10.5 Å². The zero-order valence-corrected chi connectivity index (χ0v) is 21.0. The highest BCUT2D eigenvalue weighted by Crippen LogP contribution is 2.15. The van der Waals surface area contributed by atoms with Crippen LogP contribution in [-0.4, -0.2) is 66.4 Å². The summed E-state index contributed by atoms with van der Waals surface area (Å²) in [7, 11) is 0. The second-order valence-corrected chi connectivity index (χ2v) is 10.0. The average Bonchev–Trinajstić information content (AvgIpc) is 2.97. The summed E-state index contributed by atoms with van der Waals surface area (Å²) in [6, 6.07) is 8.83. The Hall–Kier alpha value is -2.16. The number of amides is 2. The molecule has 1 aromatic rings. The summed E-state index contributed by atoms with van der Waals surface area (Å²) in [6.45, 7) is 9.42. The number of aliphatic hydroxyl groups excluding tert-OH is 1. The number of alkyl carbamates (subject to hydrolysis) is 1. The highest BCUT2D eigenvalue weighted by atomic mass is 16.5. The van der Waals surface area contributed by atoms with Crippen LogP contribution in [0.2, 0.25) is 0 Å². The van der Waals surface area contributed by atoms with E-state index in [1.54, 1.807) is 0 Å². The molecule has 1 saturated heterocycles. The van der Waals surface area contributed by atoms with E-state index in [1.165, 1.54) is 0 Å². The SMILES string of the molecule is CC(C)C[C@H](N)C(=O)NC1CCCN(CC[C@@H](C)CCNC(=O)OCc2ccccc2)CC1O. The second-order valence-electron chi connectivity index (χ2n) is 10.0. The van der Waals surface area contributed by atoms with Crippen molar-refractivity contribution in [1.82, 2.24) is 15.5 Å². The van der Waals surface area contributed by atoms with Gasteiger partial charge in [-0.2, -0.15) is 0 Å². The van der Waals surface area contributed by atoms with Crippen molar-refractivity contribution in [2.75, 3.05) is 26.2 Å². The van der Waals surface area contributed by atoms with E-state index in [-0.39, 0.29) is 18.6 Å². The maximum atomic E-state index is 12.4. The van der Waals surface area contributed by atoms with Crippen LogP contribution in [0.4, 0.5) is 4.79 Å². The van der Waals surface area contributed by atoms with E-state index in [0.717, 1.165) is 44.3 Å². The van der Waals surface area contributed by atoms with Crippen molar-refractivity contribution in [3.05, 3.63) is 35.9 Å². The van der Waals surface area contributed by atoms with E-state index >= 15 is 0 Å². The highest BCUT2D eigenvalue weighted by molar-refractivity contribution is 5.81. The lowest BCUT2D eigenvalue weighted by atomic mass is 10.0. The van der Waals surface area contributed by atoms with Gasteiger partial charge in [0.15, 0.2) is 0 Å². The fourth-order valence-corrected chi connectivity index (χ4v) is 4.23. The number of rotatable bonds is 12. The fourth-order valence-electron chi connectivity index (χ4n) is 4.23. The summed E-state index contributed by atoms with van der Waals surface area (Å²) in [4.78, 5) is 26.5. The molecule has 1 aliphatic heterocycles. The van der Waals surface area contributed by atoms with Crippen LogP contribution in [0.3, 0.4) is 0 Å². The first-order valence-electron chi connectivity index (χ1n) is 12.7. The number of benzene rings is 1. The summed E-state index contributed by atoms with van der Waals surface area (Å²) in [5.41, 5.74) is 6.96. The number of likely N-dealkylation sites (tertiary alicyclic amines) is 1. The van der Waals surface area contributed by atoms with Gasteiger partial charge in [-0.05, 0) is 62.6 Å². The molecule has 5 N–H and O–H groups in total. The fraction of sp³-hybridized carbons (Fsp3) is 0.692. The Labute approximate surface area is 204 Å². The molecule has 8 nitrogen and oxygen atoms in total. The van der Waals surface area contributed by atoms with E-state index in [1.807, 2.05) is 44.2 Å². The minimum atomic E-state index is -0.603. The summed E-state index contributed by atoms with van der Waals surface area (Å²) < 4.78 is 5.24. The highest BCUT2D eigenvalue weighted by Gasteiger charge is 2.28. The van der Waals surface area contributed by atoms with E-state index < -0.39 is 18.2 Å². The Morgan fingerprint density at radius 3 is 2.65 bits per heavy atom. The Kier molecular flexibility index (Phi) is 12.4. The number of aliphatic hydroxyl groups is 1. The van der Waals surface area contributed by atoms with Gasteiger partial charge in [-0.1, -0.05) is 51.1 Å². The monoisotopic (exact) mass is 476 g/mol. The lowest BCUT2D eigenvalue weighted by Gasteiger charge is -2.27. The number of nitrogens with two attached hydrogens (primary N) is 1. The van der Waals surface area contributed by atoms with Crippen LogP contribution in [0, 0.1) is 11.8 Å². The van der Waals surface area contributed by atoms with Gasteiger partial charge in [0.2, 0.25) is 5.91 Å². The summed E-state index contributed by atoms with van der Waals surface area (Å²) in [5.74, 6) is 0.612. The molecule has 0 spiro atoms. The molecule has 0 aliphatic carbocycles. The van der Waals surface area contributed by atoms with Crippen molar-refractivity contribution in [2.24, 2.45) is 17.6 Å². The predicted octanol–water partition coefficient (Wildman–Crippen LogP) is 2.64. The molecule has 34 heavy (non-hydrogen) atoms. The lowest BCUT2D eigenvalue weighted by molar-refractivity contribution is -0.124. The number of β-amino-alcohol motifs (C(OH)–C–C–N with tert-alkyl or cyclic N) is 1. The van der Waals surface area contributed by atoms with Crippen LogP contribution in [0.1, 0.15) is 58.4 Å². The van der Waals surface area contributed by atoms with Crippen LogP contribution in [0.5, 0.6) is 0 Å². The number of carbonyl (C=O) groups excluding carboxylic acids is 2. The van der Waals surface area contributed by atoms with Crippen LogP contribution in [-0.2, 0) is 16.1 Å². The van der Waals surface area contributed by atoms with E-state index in [2.05, 4.69) is 22.5 Å². The van der Waals surface area contributed by atoms with Gasteiger partial charge in [0.1, 0.15) is 6.61 Å². The molecule has 0 bridgehead atoms. The van der Waals surface area contributed by atoms with Crippen molar-refractivity contribution in [3.8, 4) is 0 Å². The van der Waals surface area contributed by atoms with Gasteiger partial charge in [0.05, 0.1) is 18.2 Å². The molecule has 1 heterocycles. The molecule has 0 radical (unpaired) electrons. The normalized spacial score (nSPS) is 20.9. The first kappa shape index (κ1) is 28.1. The van der Waals surface area contributed by atoms with Crippen molar-refractivity contribution in [1.29, 1.82) is 0 Å². The molecular weight excluding hydrogens is 432 g/mol. The Morgan fingerprint density at radius 1 is 1.21 bits per heavy atom. The molecule has 2 unspecified atom stereocenters. The first-order valence-corrected chi connectivity index (χ1v) is 12.7. The third-order valence-electron chi connectivity index (χ3n) is 6.35. The molecule has 0 saturated carbocycles. The number of hydrogen-bond donors (Lipinski definition) is 4. The molecule has 8 heteroatoms. The lowest BCUT2D eigenvalue weighted by Crippen LogP contribution is -2.51. The second kappa shape index (κ2) is 15.0. The van der Waals surface area contributed by atoms with Crippen molar-refractivity contribution >= 4 is 12.0 Å².